The molecule has 92 valence electrons. The molecule has 0 amide bonds. The third-order valence-electron chi connectivity index (χ3n) is 2.35. The van der Waals surface area contributed by atoms with E-state index in [0.29, 0.717) is 12.3 Å². The summed E-state index contributed by atoms with van der Waals surface area (Å²) in [6.07, 6.45) is 1.70. The lowest BCUT2D eigenvalue weighted by atomic mass is 10.0. The molecular formula is C11H19ClN2O2. The van der Waals surface area contributed by atoms with Crippen LogP contribution in [0.3, 0.4) is 0 Å². The Labute approximate surface area is 102 Å². The predicted molar refractivity (Wildman–Crippen MR) is 67.1 cm³/mol. The molecule has 4 nitrogen and oxygen atoms in total. The minimum Gasteiger partial charge on any atom is -0.504 e. The van der Waals surface area contributed by atoms with E-state index in [1.54, 1.807) is 12.1 Å². The first kappa shape index (κ1) is 15.0. The van der Waals surface area contributed by atoms with Crippen molar-refractivity contribution >= 4 is 12.4 Å². The Morgan fingerprint density at radius 3 is 2.62 bits per heavy atom. The predicted octanol–water partition coefficient (Wildman–Crippen LogP) is 1.56. The van der Waals surface area contributed by atoms with Crippen LogP contribution in [-0.4, -0.2) is 18.8 Å². The smallest absolute Gasteiger partial charge is 0.160 e. The standard InChI is InChI=1S/C11H18N2O2.ClH/c1-15-11-5-4-8(7-10(11)14)9(13)3-2-6-12;/h4-5,7,9,14H,2-3,6,12-13H2,1H3;1H/t9-;/m1./s1. The summed E-state index contributed by atoms with van der Waals surface area (Å²) in [4.78, 5) is 0. The molecular weight excluding hydrogens is 228 g/mol. The summed E-state index contributed by atoms with van der Waals surface area (Å²) in [6.45, 7) is 0.635. The van der Waals surface area contributed by atoms with Gasteiger partial charge in [-0.05, 0) is 37.1 Å². The molecule has 0 bridgehead atoms. The fraction of sp³-hybridized carbons (Fsp3) is 0.455. The van der Waals surface area contributed by atoms with Gasteiger partial charge in [-0.25, -0.2) is 0 Å². The van der Waals surface area contributed by atoms with Gasteiger partial charge >= 0.3 is 0 Å². The fourth-order valence-corrected chi connectivity index (χ4v) is 1.44. The number of hydrogen-bond acceptors (Lipinski definition) is 4. The van der Waals surface area contributed by atoms with E-state index in [1.807, 2.05) is 6.07 Å². The van der Waals surface area contributed by atoms with Crippen molar-refractivity contribution in [2.24, 2.45) is 11.5 Å². The van der Waals surface area contributed by atoms with Gasteiger partial charge in [0.1, 0.15) is 0 Å². The Morgan fingerprint density at radius 1 is 1.44 bits per heavy atom. The maximum absolute atomic E-state index is 9.56. The Morgan fingerprint density at radius 2 is 2.12 bits per heavy atom. The maximum atomic E-state index is 9.56. The Balaban J connectivity index is 0.00000225. The molecule has 1 aromatic rings. The quantitative estimate of drug-likeness (QED) is 0.737. The molecule has 0 radical (unpaired) electrons. The van der Waals surface area contributed by atoms with Crippen LogP contribution in [-0.2, 0) is 0 Å². The van der Waals surface area contributed by atoms with Crippen molar-refractivity contribution in [3.05, 3.63) is 23.8 Å². The molecule has 0 aliphatic heterocycles. The second kappa shape index (κ2) is 7.33. The van der Waals surface area contributed by atoms with Gasteiger partial charge in [0.15, 0.2) is 11.5 Å². The topological polar surface area (TPSA) is 81.5 Å². The summed E-state index contributed by atoms with van der Waals surface area (Å²) in [5, 5.41) is 9.56. The zero-order valence-electron chi connectivity index (χ0n) is 9.35. The van der Waals surface area contributed by atoms with Crippen molar-refractivity contribution in [3.8, 4) is 11.5 Å². The Bertz CT molecular complexity index is 321. The van der Waals surface area contributed by atoms with E-state index in [1.165, 1.54) is 7.11 Å². The molecule has 0 aliphatic rings. The molecule has 0 saturated carbocycles. The maximum Gasteiger partial charge on any atom is 0.160 e. The highest BCUT2D eigenvalue weighted by Crippen LogP contribution is 2.29. The minimum atomic E-state index is -0.0784. The highest BCUT2D eigenvalue weighted by Gasteiger charge is 2.08. The largest absolute Gasteiger partial charge is 0.504 e. The summed E-state index contributed by atoms with van der Waals surface area (Å²) in [7, 11) is 1.52. The van der Waals surface area contributed by atoms with Gasteiger partial charge in [0, 0.05) is 6.04 Å². The first-order valence-corrected chi connectivity index (χ1v) is 5.01. The lowest BCUT2D eigenvalue weighted by molar-refractivity contribution is 0.372. The number of methoxy groups -OCH3 is 1. The summed E-state index contributed by atoms with van der Waals surface area (Å²) >= 11 is 0. The number of phenolic OH excluding ortho intramolecular Hbond substituents is 1. The van der Waals surface area contributed by atoms with Gasteiger partial charge in [-0.1, -0.05) is 6.07 Å². The van der Waals surface area contributed by atoms with Gasteiger partial charge in [0.25, 0.3) is 0 Å². The van der Waals surface area contributed by atoms with Crippen LogP contribution in [0.1, 0.15) is 24.4 Å². The molecule has 0 fully saturated rings. The first-order valence-electron chi connectivity index (χ1n) is 5.01. The zero-order chi connectivity index (χ0) is 11.3. The molecule has 0 aliphatic carbocycles. The number of hydrogen-bond donors (Lipinski definition) is 3. The lowest BCUT2D eigenvalue weighted by Gasteiger charge is -2.12. The van der Waals surface area contributed by atoms with Crippen LogP contribution in [0.4, 0.5) is 0 Å². The number of halogens is 1. The summed E-state index contributed by atoms with van der Waals surface area (Å²) in [5.74, 6) is 0.586. The normalized spacial score (nSPS) is 11.7. The second-order valence-corrected chi connectivity index (χ2v) is 3.47. The molecule has 16 heavy (non-hydrogen) atoms. The molecule has 5 heteroatoms. The Kier molecular flexibility index (Phi) is 6.88. The summed E-state index contributed by atoms with van der Waals surface area (Å²) < 4.78 is 4.95. The molecule has 0 unspecified atom stereocenters. The average molecular weight is 247 g/mol. The molecule has 0 aromatic heterocycles. The van der Waals surface area contributed by atoms with Crippen molar-refractivity contribution in [3.63, 3.8) is 0 Å². The SMILES string of the molecule is COc1ccc([C@H](N)CCCN)cc1O.Cl. The third-order valence-corrected chi connectivity index (χ3v) is 2.35. The number of aromatic hydroxyl groups is 1. The first-order chi connectivity index (χ1) is 7.19. The number of phenols is 1. The number of ether oxygens (including phenoxy) is 1. The van der Waals surface area contributed by atoms with E-state index >= 15 is 0 Å². The van der Waals surface area contributed by atoms with Crippen molar-refractivity contribution in [1.29, 1.82) is 0 Å². The van der Waals surface area contributed by atoms with Crippen LogP contribution in [0.15, 0.2) is 18.2 Å². The minimum absolute atomic E-state index is 0. The second-order valence-electron chi connectivity index (χ2n) is 3.47. The van der Waals surface area contributed by atoms with Gasteiger partial charge in [-0.3, -0.25) is 0 Å². The van der Waals surface area contributed by atoms with Gasteiger partial charge in [-0.2, -0.15) is 0 Å². The van der Waals surface area contributed by atoms with Gasteiger partial charge in [0.2, 0.25) is 0 Å². The Hall–Kier alpha value is -0.970. The van der Waals surface area contributed by atoms with Crippen LogP contribution in [0.5, 0.6) is 11.5 Å². The van der Waals surface area contributed by atoms with Crippen molar-refractivity contribution in [1.82, 2.24) is 0 Å². The van der Waals surface area contributed by atoms with E-state index < -0.39 is 0 Å². The van der Waals surface area contributed by atoms with E-state index in [0.717, 1.165) is 18.4 Å². The molecule has 0 heterocycles. The molecule has 1 rings (SSSR count). The highest BCUT2D eigenvalue weighted by atomic mass is 35.5. The molecule has 1 aromatic carbocycles. The van der Waals surface area contributed by atoms with E-state index in [2.05, 4.69) is 0 Å². The monoisotopic (exact) mass is 246 g/mol. The molecule has 0 saturated heterocycles. The zero-order valence-corrected chi connectivity index (χ0v) is 10.2. The van der Waals surface area contributed by atoms with E-state index in [-0.39, 0.29) is 24.2 Å². The van der Waals surface area contributed by atoms with Crippen LogP contribution >= 0.6 is 12.4 Å². The summed E-state index contributed by atoms with van der Waals surface area (Å²) in [6, 6.07) is 5.14. The van der Waals surface area contributed by atoms with E-state index in [9.17, 15) is 5.11 Å². The average Bonchev–Trinajstić information content (AvgIpc) is 2.25. The number of nitrogens with two attached hydrogens (primary N) is 2. The fourth-order valence-electron chi connectivity index (χ4n) is 1.44. The van der Waals surface area contributed by atoms with Crippen LogP contribution < -0.4 is 16.2 Å². The van der Waals surface area contributed by atoms with Gasteiger partial charge < -0.3 is 21.3 Å². The number of benzene rings is 1. The van der Waals surface area contributed by atoms with Crippen LogP contribution in [0.25, 0.3) is 0 Å². The molecule has 5 N–H and O–H groups in total. The van der Waals surface area contributed by atoms with E-state index in [4.69, 9.17) is 16.2 Å². The summed E-state index contributed by atoms with van der Waals surface area (Å²) in [5.41, 5.74) is 12.2. The van der Waals surface area contributed by atoms with Crippen molar-refractivity contribution < 1.29 is 9.84 Å². The van der Waals surface area contributed by atoms with Gasteiger partial charge in [0.05, 0.1) is 7.11 Å². The molecule has 0 spiro atoms. The third kappa shape index (κ3) is 3.89. The van der Waals surface area contributed by atoms with Crippen molar-refractivity contribution in [2.75, 3.05) is 13.7 Å². The van der Waals surface area contributed by atoms with Crippen LogP contribution in [0.2, 0.25) is 0 Å². The van der Waals surface area contributed by atoms with Crippen molar-refractivity contribution in [2.45, 2.75) is 18.9 Å². The molecule has 1 atom stereocenters. The number of rotatable bonds is 5. The lowest BCUT2D eigenvalue weighted by Crippen LogP contribution is -2.12. The highest BCUT2D eigenvalue weighted by molar-refractivity contribution is 5.85. The van der Waals surface area contributed by atoms with Gasteiger partial charge in [-0.15, -0.1) is 12.4 Å². The van der Waals surface area contributed by atoms with Crippen LogP contribution in [0, 0.1) is 0 Å².